The molecule has 1 N–H and O–H groups in total. The van der Waals surface area contributed by atoms with Gasteiger partial charge in [0.1, 0.15) is 0 Å². The number of nitrogens with one attached hydrogen (secondary N) is 1. The number of amides is 2. The molecular formula is C22H28N2O2. The molecule has 2 rings (SSSR count). The molecule has 26 heavy (non-hydrogen) atoms. The molecule has 0 radical (unpaired) electrons. The normalized spacial score (nSPS) is 10.4. The molecule has 4 heteroatoms. The van der Waals surface area contributed by atoms with Crippen LogP contribution in [0.25, 0.3) is 0 Å². The fourth-order valence-corrected chi connectivity index (χ4v) is 3.12. The van der Waals surface area contributed by atoms with Gasteiger partial charge in [-0.1, -0.05) is 55.5 Å². The summed E-state index contributed by atoms with van der Waals surface area (Å²) in [7, 11) is 0. The van der Waals surface area contributed by atoms with Gasteiger partial charge in [-0.2, -0.15) is 0 Å². The van der Waals surface area contributed by atoms with Crippen molar-refractivity contribution in [2.75, 3.05) is 18.0 Å². The van der Waals surface area contributed by atoms with Crippen LogP contribution in [-0.4, -0.2) is 24.9 Å². The molecule has 0 atom stereocenters. The maximum Gasteiger partial charge on any atom is 0.223 e. The van der Waals surface area contributed by atoms with Crippen LogP contribution < -0.4 is 10.2 Å². The number of carbonyl (C=O) groups is 2. The first-order valence-corrected chi connectivity index (χ1v) is 9.20. The van der Waals surface area contributed by atoms with Crippen LogP contribution in [0.1, 0.15) is 37.0 Å². The van der Waals surface area contributed by atoms with Gasteiger partial charge in [0.2, 0.25) is 11.8 Å². The molecule has 2 amide bonds. The van der Waals surface area contributed by atoms with E-state index in [-0.39, 0.29) is 11.8 Å². The first-order valence-electron chi connectivity index (χ1n) is 9.20. The molecule has 2 aromatic rings. The molecule has 0 aliphatic heterocycles. The summed E-state index contributed by atoms with van der Waals surface area (Å²) < 4.78 is 0. The summed E-state index contributed by atoms with van der Waals surface area (Å²) in [4.78, 5) is 26.0. The maximum atomic E-state index is 12.2. The standard InChI is InChI=1S/C22H28N2O2/c1-4-20-12-8-9-17(2)22(20)24(18(3)25)16-15-23-21(26)14-13-19-10-6-5-7-11-19/h5-12H,4,13-16H2,1-3H3,(H,23,26). The number of aryl methyl sites for hydroxylation is 3. The third-order valence-corrected chi connectivity index (χ3v) is 4.49. The number of hydrogen-bond acceptors (Lipinski definition) is 2. The smallest absolute Gasteiger partial charge is 0.223 e. The van der Waals surface area contributed by atoms with Crippen molar-refractivity contribution in [3.8, 4) is 0 Å². The zero-order valence-electron chi connectivity index (χ0n) is 15.9. The van der Waals surface area contributed by atoms with Crippen molar-refractivity contribution in [3.05, 3.63) is 65.2 Å². The number of hydrogen-bond donors (Lipinski definition) is 1. The highest BCUT2D eigenvalue weighted by Gasteiger charge is 2.17. The third kappa shape index (κ3) is 5.45. The Morgan fingerprint density at radius 3 is 2.42 bits per heavy atom. The van der Waals surface area contributed by atoms with Crippen molar-refractivity contribution in [2.24, 2.45) is 0 Å². The van der Waals surface area contributed by atoms with E-state index < -0.39 is 0 Å². The van der Waals surface area contributed by atoms with Crippen molar-refractivity contribution >= 4 is 17.5 Å². The lowest BCUT2D eigenvalue weighted by Gasteiger charge is -2.26. The van der Waals surface area contributed by atoms with E-state index in [0.717, 1.165) is 35.2 Å². The Morgan fingerprint density at radius 1 is 1.04 bits per heavy atom. The summed E-state index contributed by atoms with van der Waals surface area (Å²) in [5, 5.41) is 2.93. The van der Waals surface area contributed by atoms with Crippen LogP contribution in [0.2, 0.25) is 0 Å². The summed E-state index contributed by atoms with van der Waals surface area (Å²) in [6.45, 7) is 6.60. The minimum Gasteiger partial charge on any atom is -0.354 e. The van der Waals surface area contributed by atoms with Crippen LogP contribution in [0.3, 0.4) is 0 Å². The van der Waals surface area contributed by atoms with E-state index in [9.17, 15) is 9.59 Å². The van der Waals surface area contributed by atoms with Gasteiger partial charge in [-0.25, -0.2) is 0 Å². The summed E-state index contributed by atoms with van der Waals surface area (Å²) in [6, 6.07) is 16.1. The number of rotatable bonds is 8. The quantitative estimate of drug-likeness (QED) is 0.788. The number of carbonyl (C=O) groups excluding carboxylic acids is 2. The molecule has 0 aliphatic rings. The number of anilines is 1. The molecule has 138 valence electrons. The molecule has 0 unspecified atom stereocenters. The predicted octanol–water partition coefficient (Wildman–Crippen LogP) is 3.66. The van der Waals surface area contributed by atoms with Gasteiger partial charge in [-0.05, 0) is 36.5 Å². The Bertz CT molecular complexity index is 741. The minimum absolute atomic E-state index is 0.00691. The van der Waals surface area contributed by atoms with E-state index in [1.54, 1.807) is 11.8 Å². The van der Waals surface area contributed by atoms with E-state index in [2.05, 4.69) is 18.3 Å². The Balaban J connectivity index is 1.91. The van der Waals surface area contributed by atoms with Gasteiger partial charge in [-0.15, -0.1) is 0 Å². The minimum atomic E-state index is -0.00691. The highest BCUT2D eigenvalue weighted by Crippen LogP contribution is 2.25. The largest absolute Gasteiger partial charge is 0.354 e. The van der Waals surface area contributed by atoms with E-state index in [1.165, 1.54) is 0 Å². The molecule has 0 spiro atoms. The van der Waals surface area contributed by atoms with Crippen LogP contribution in [0.5, 0.6) is 0 Å². The van der Waals surface area contributed by atoms with Crippen molar-refractivity contribution in [3.63, 3.8) is 0 Å². The van der Waals surface area contributed by atoms with Crippen LogP contribution in [-0.2, 0) is 22.4 Å². The van der Waals surface area contributed by atoms with E-state index in [0.29, 0.717) is 19.5 Å². The van der Waals surface area contributed by atoms with Gasteiger partial charge in [0.25, 0.3) is 0 Å². The highest BCUT2D eigenvalue weighted by atomic mass is 16.2. The molecule has 0 fully saturated rings. The van der Waals surface area contributed by atoms with Crippen molar-refractivity contribution in [2.45, 2.75) is 40.0 Å². The van der Waals surface area contributed by atoms with Gasteiger partial charge in [-0.3, -0.25) is 9.59 Å². The van der Waals surface area contributed by atoms with Crippen molar-refractivity contribution in [1.29, 1.82) is 0 Å². The van der Waals surface area contributed by atoms with E-state index in [4.69, 9.17) is 0 Å². The fraction of sp³-hybridized carbons (Fsp3) is 0.364. The van der Waals surface area contributed by atoms with E-state index in [1.807, 2.05) is 49.4 Å². The zero-order valence-corrected chi connectivity index (χ0v) is 15.9. The Hall–Kier alpha value is -2.62. The van der Waals surface area contributed by atoms with Crippen LogP contribution in [0.15, 0.2) is 48.5 Å². The molecule has 0 bridgehead atoms. The molecule has 0 saturated heterocycles. The number of nitrogens with zero attached hydrogens (tertiary/aromatic N) is 1. The lowest BCUT2D eigenvalue weighted by molar-refractivity contribution is -0.121. The first-order chi connectivity index (χ1) is 12.5. The maximum absolute atomic E-state index is 12.2. The topological polar surface area (TPSA) is 49.4 Å². The first kappa shape index (κ1) is 19.7. The average Bonchev–Trinajstić information content (AvgIpc) is 2.64. The molecule has 0 aromatic heterocycles. The van der Waals surface area contributed by atoms with Gasteiger partial charge in [0.15, 0.2) is 0 Å². The van der Waals surface area contributed by atoms with Gasteiger partial charge < -0.3 is 10.2 Å². The number of benzene rings is 2. The SMILES string of the molecule is CCc1cccc(C)c1N(CCNC(=O)CCc1ccccc1)C(C)=O. The summed E-state index contributed by atoms with van der Waals surface area (Å²) >= 11 is 0. The Morgan fingerprint density at radius 2 is 1.77 bits per heavy atom. The lowest BCUT2D eigenvalue weighted by atomic mass is 10.0. The molecule has 0 aliphatic carbocycles. The molecule has 0 saturated carbocycles. The van der Waals surface area contributed by atoms with Crippen LogP contribution in [0.4, 0.5) is 5.69 Å². The van der Waals surface area contributed by atoms with Gasteiger partial charge in [0, 0.05) is 32.1 Å². The predicted molar refractivity (Wildman–Crippen MR) is 106 cm³/mol. The average molecular weight is 352 g/mol. The molecule has 4 nitrogen and oxygen atoms in total. The third-order valence-electron chi connectivity index (χ3n) is 4.49. The second-order valence-corrected chi connectivity index (χ2v) is 6.44. The second kappa shape index (κ2) is 9.76. The lowest BCUT2D eigenvalue weighted by Crippen LogP contribution is -2.38. The Labute approximate surface area is 156 Å². The molecular weight excluding hydrogens is 324 g/mol. The number of para-hydroxylation sites is 1. The van der Waals surface area contributed by atoms with Gasteiger partial charge >= 0.3 is 0 Å². The summed E-state index contributed by atoms with van der Waals surface area (Å²) in [5.41, 5.74) is 4.35. The molecule has 0 heterocycles. The van der Waals surface area contributed by atoms with Gasteiger partial charge in [0.05, 0.1) is 0 Å². The molecule has 2 aromatic carbocycles. The highest BCUT2D eigenvalue weighted by molar-refractivity contribution is 5.93. The van der Waals surface area contributed by atoms with Crippen LogP contribution >= 0.6 is 0 Å². The fourth-order valence-electron chi connectivity index (χ4n) is 3.12. The monoisotopic (exact) mass is 352 g/mol. The second-order valence-electron chi connectivity index (χ2n) is 6.44. The zero-order chi connectivity index (χ0) is 18.9. The van der Waals surface area contributed by atoms with Crippen LogP contribution in [0, 0.1) is 6.92 Å². The Kier molecular flexibility index (Phi) is 7.39. The summed E-state index contributed by atoms with van der Waals surface area (Å²) in [5.74, 6) is 0.00499. The summed E-state index contributed by atoms with van der Waals surface area (Å²) in [6.07, 6.45) is 2.04. The van der Waals surface area contributed by atoms with Crippen molar-refractivity contribution in [1.82, 2.24) is 5.32 Å². The van der Waals surface area contributed by atoms with E-state index >= 15 is 0 Å². The van der Waals surface area contributed by atoms with Crippen molar-refractivity contribution < 1.29 is 9.59 Å².